The molecule has 0 aliphatic carbocycles. The summed E-state index contributed by atoms with van der Waals surface area (Å²) < 4.78 is 5.55. The Bertz CT molecular complexity index is 647. The summed E-state index contributed by atoms with van der Waals surface area (Å²) in [4.78, 5) is 11.7. The fourth-order valence-corrected chi connectivity index (χ4v) is 2.22. The zero-order valence-electron chi connectivity index (χ0n) is 13.3. The molecule has 0 saturated heterocycles. The predicted molar refractivity (Wildman–Crippen MR) is 94.2 cm³/mol. The maximum Gasteiger partial charge on any atom is 0.315 e. The van der Waals surface area contributed by atoms with E-state index in [9.17, 15) is 4.79 Å². The van der Waals surface area contributed by atoms with Gasteiger partial charge in [0, 0.05) is 13.1 Å². The van der Waals surface area contributed by atoms with Crippen LogP contribution in [-0.4, -0.2) is 24.3 Å². The predicted octanol–water partition coefficient (Wildman–Crippen LogP) is 3.10. The third-order valence-electron chi connectivity index (χ3n) is 3.36. The number of hydrogen-bond acceptors (Lipinski definition) is 3. The molecule has 2 rings (SSSR count). The lowest BCUT2D eigenvalue weighted by atomic mass is 10.1. The largest absolute Gasteiger partial charge is 0.492 e. The molecule has 0 atom stereocenters. The molecule has 0 heterocycles. The number of nitrogens with one attached hydrogen (secondary N) is 2. The van der Waals surface area contributed by atoms with Gasteiger partial charge in [0.15, 0.2) is 0 Å². The van der Waals surface area contributed by atoms with Crippen molar-refractivity contribution in [3.63, 3.8) is 0 Å². The summed E-state index contributed by atoms with van der Waals surface area (Å²) in [5, 5.41) is 15.1. The van der Waals surface area contributed by atoms with Gasteiger partial charge >= 0.3 is 6.03 Å². The minimum Gasteiger partial charge on any atom is -0.492 e. The molecule has 3 N–H and O–H groups in total. The highest BCUT2D eigenvalue weighted by Gasteiger charge is 2.02. The Labute approximate surface area is 146 Å². The Morgan fingerprint density at radius 2 is 1.75 bits per heavy atom. The maximum absolute atomic E-state index is 11.7. The zero-order valence-corrected chi connectivity index (χ0v) is 14.1. The van der Waals surface area contributed by atoms with Crippen molar-refractivity contribution in [2.45, 2.75) is 19.6 Å². The van der Waals surface area contributed by atoms with Gasteiger partial charge in [0.25, 0.3) is 0 Å². The molecule has 0 aromatic heterocycles. The van der Waals surface area contributed by atoms with Crippen LogP contribution in [0.4, 0.5) is 4.79 Å². The second kappa shape index (κ2) is 9.80. The van der Waals surface area contributed by atoms with Gasteiger partial charge in [-0.15, -0.1) is 0 Å². The molecule has 128 valence electrons. The van der Waals surface area contributed by atoms with E-state index in [1.54, 1.807) is 6.07 Å². The van der Waals surface area contributed by atoms with Crippen LogP contribution in [-0.2, 0) is 13.2 Å². The van der Waals surface area contributed by atoms with Gasteiger partial charge in [0.1, 0.15) is 5.75 Å². The molecule has 0 fully saturated rings. The molecule has 0 spiro atoms. The molecule has 0 radical (unpaired) electrons. The lowest BCUT2D eigenvalue weighted by Crippen LogP contribution is -2.36. The molecule has 5 nitrogen and oxygen atoms in total. The number of benzene rings is 2. The highest BCUT2D eigenvalue weighted by molar-refractivity contribution is 6.32. The van der Waals surface area contributed by atoms with E-state index in [4.69, 9.17) is 21.4 Å². The van der Waals surface area contributed by atoms with Crippen LogP contribution in [0.25, 0.3) is 0 Å². The number of aliphatic hydroxyl groups excluding tert-OH is 1. The van der Waals surface area contributed by atoms with E-state index in [-0.39, 0.29) is 12.6 Å². The Morgan fingerprint density at radius 1 is 1.04 bits per heavy atom. The molecular weight excluding hydrogens is 328 g/mol. The SMILES string of the molecule is O=C(NCCCOc1ccccc1Cl)NCc1ccc(CO)cc1. The van der Waals surface area contributed by atoms with E-state index in [1.165, 1.54) is 0 Å². The first-order valence-corrected chi connectivity index (χ1v) is 8.14. The molecular formula is C18H21ClN2O3. The van der Waals surface area contributed by atoms with Gasteiger partial charge in [-0.1, -0.05) is 48.0 Å². The summed E-state index contributed by atoms with van der Waals surface area (Å²) in [5.74, 6) is 0.648. The van der Waals surface area contributed by atoms with Gasteiger partial charge in [0.05, 0.1) is 18.2 Å². The average Bonchev–Trinajstić information content (AvgIpc) is 2.61. The van der Waals surface area contributed by atoms with Crippen molar-refractivity contribution in [1.82, 2.24) is 10.6 Å². The number of urea groups is 1. The minimum absolute atomic E-state index is 0.0183. The van der Waals surface area contributed by atoms with E-state index < -0.39 is 0 Å². The minimum atomic E-state index is -0.223. The fraction of sp³-hybridized carbons (Fsp3) is 0.278. The van der Waals surface area contributed by atoms with Crippen molar-refractivity contribution in [1.29, 1.82) is 0 Å². The van der Waals surface area contributed by atoms with Crippen molar-refractivity contribution in [2.75, 3.05) is 13.2 Å². The molecule has 6 heteroatoms. The van der Waals surface area contributed by atoms with Crippen LogP contribution >= 0.6 is 11.6 Å². The van der Waals surface area contributed by atoms with Crippen molar-refractivity contribution in [2.24, 2.45) is 0 Å². The second-order valence-electron chi connectivity index (χ2n) is 5.22. The Morgan fingerprint density at radius 3 is 2.46 bits per heavy atom. The Kier molecular flexibility index (Phi) is 7.39. The number of carbonyl (C=O) groups excluding carboxylic acids is 1. The standard InChI is InChI=1S/C18H21ClN2O3/c19-16-4-1-2-5-17(16)24-11-3-10-20-18(23)21-12-14-6-8-15(13-22)9-7-14/h1-2,4-9,22H,3,10-13H2,(H2,20,21,23). The van der Waals surface area contributed by atoms with Crippen LogP contribution < -0.4 is 15.4 Å². The van der Waals surface area contributed by atoms with E-state index in [0.29, 0.717) is 36.9 Å². The van der Waals surface area contributed by atoms with E-state index in [1.807, 2.05) is 42.5 Å². The van der Waals surface area contributed by atoms with Crippen molar-refractivity contribution in [3.05, 3.63) is 64.7 Å². The molecule has 0 aliphatic heterocycles. The number of rotatable bonds is 8. The van der Waals surface area contributed by atoms with Crippen LogP contribution in [0.5, 0.6) is 5.75 Å². The van der Waals surface area contributed by atoms with Crippen LogP contribution in [0.2, 0.25) is 5.02 Å². The van der Waals surface area contributed by atoms with E-state index >= 15 is 0 Å². The summed E-state index contributed by atoms with van der Waals surface area (Å²) in [6, 6.07) is 14.5. The van der Waals surface area contributed by atoms with Crippen molar-refractivity contribution in [3.8, 4) is 5.75 Å². The lowest BCUT2D eigenvalue weighted by Gasteiger charge is -2.09. The molecule has 24 heavy (non-hydrogen) atoms. The lowest BCUT2D eigenvalue weighted by molar-refractivity contribution is 0.238. The number of halogens is 1. The maximum atomic E-state index is 11.7. The smallest absolute Gasteiger partial charge is 0.315 e. The highest BCUT2D eigenvalue weighted by Crippen LogP contribution is 2.22. The molecule has 2 amide bonds. The first-order valence-electron chi connectivity index (χ1n) is 7.77. The average molecular weight is 349 g/mol. The second-order valence-corrected chi connectivity index (χ2v) is 5.62. The number of aliphatic hydroxyl groups is 1. The summed E-state index contributed by atoms with van der Waals surface area (Å²) >= 11 is 5.99. The third-order valence-corrected chi connectivity index (χ3v) is 3.67. The van der Waals surface area contributed by atoms with Crippen LogP contribution in [0.3, 0.4) is 0 Å². The third kappa shape index (κ3) is 6.10. The molecule has 0 bridgehead atoms. The van der Waals surface area contributed by atoms with E-state index in [2.05, 4.69) is 10.6 Å². The summed E-state index contributed by atoms with van der Waals surface area (Å²) in [6.07, 6.45) is 0.684. The number of hydrogen-bond donors (Lipinski definition) is 3. The summed E-state index contributed by atoms with van der Waals surface area (Å²) in [6.45, 7) is 1.45. The molecule has 0 aliphatic rings. The first kappa shape index (κ1) is 18.1. The van der Waals surface area contributed by atoms with E-state index in [0.717, 1.165) is 11.1 Å². The first-order chi connectivity index (χ1) is 11.7. The van der Waals surface area contributed by atoms with Gasteiger partial charge in [-0.3, -0.25) is 0 Å². The summed E-state index contributed by atoms with van der Waals surface area (Å²) in [5.41, 5.74) is 1.83. The number of carbonyl (C=O) groups is 1. The van der Waals surface area contributed by atoms with Gasteiger partial charge < -0.3 is 20.5 Å². The van der Waals surface area contributed by atoms with Crippen molar-refractivity contribution < 1.29 is 14.6 Å². The van der Waals surface area contributed by atoms with Crippen LogP contribution in [0, 0.1) is 0 Å². The Hall–Kier alpha value is -2.24. The fourth-order valence-electron chi connectivity index (χ4n) is 2.03. The van der Waals surface area contributed by atoms with Gasteiger partial charge in [-0.05, 0) is 29.7 Å². The molecule has 2 aromatic carbocycles. The molecule has 2 aromatic rings. The van der Waals surface area contributed by atoms with Gasteiger partial charge in [0.2, 0.25) is 0 Å². The van der Waals surface area contributed by atoms with Crippen LogP contribution in [0.15, 0.2) is 48.5 Å². The summed E-state index contributed by atoms with van der Waals surface area (Å²) in [7, 11) is 0. The van der Waals surface area contributed by atoms with Gasteiger partial charge in [-0.25, -0.2) is 4.79 Å². The normalized spacial score (nSPS) is 10.2. The quantitative estimate of drug-likeness (QED) is 0.642. The highest BCUT2D eigenvalue weighted by atomic mass is 35.5. The number of amides is 2. The Balaban J connectivity index is 1.58. The van der Waals surface area contributed by atoms with Crippen molar-refractivity contribution >= 4 is 17.6 Å². The molecule has 0 saturated carbocycles. The molecule has 0 unspecified atom stereocenters. The topological polar surface area (TPSA) is 70.6 Å². The monoisotopic (exact) mass is 348 g/mol. The zero-order chi connectivity index (χ0) is 17.2. The number of para-hydroxylation sites is 1. The van der Waals surface area contributed by atoms with Crippen LogP contribution in [0.1, 0.15) is 17.5 Å². The number of ether oxygens (including phenoxy) is 1. The van der Waals surface area contributed by atoms with Gasteiger partial charge in [-0.2, -0.15) is 0 Å².